The van der Waals surface area contributed by atoms with E-state index in [9.17, 15) is 19.5 Å². The summed E-state index contributed by atoms with van der Waals surface area (Å²) in [6.45, 7) is 3.51. The lowest BCUT2D eigenvalue weighted by molar-refractivity contribution is -0.169. The molecule has 1 aliphatic rings. The second-order valence-electron chi connectivity index (χ2n) is 8.83. The van der Waals surface area contributed by atoms with Crippen LogP contribution in [0.25, 0.3) is 11.1 Å². The number of amides is 2. The number of carbonyl (C=O) groups is 3. The van der Waals surface area contributed by atoms with Crippen LogP contribution in [-0.4, -0.2) is 48.2 Å². The van der Waals surface area contributed by atoms with Crippen molar-refractivity contribution in [3.8, 4) is 11.1 Å². The van der Waals surface area contributed by atoms with E-state index in [2.05, 4.69) is 5.32 Å². The quantitative estimate of drug-likeness (QED) is 0.264. The van der Waals surface area contributed by atoms with Crippen LogP contribution in [-0.2, 0) is 30.5 Å². The number of carbonyl (C=O) groups excluding carboxylic acids is 3. The zero-order chi connectivity index (χ0) is 26.4. The third-order valence-electron chi connectivity index (χ3n) is 6.23. The molecule has 0 spiro atoms. The van der Waals surface area contributed by atoms with Gasteiger partial charge in [0.1, 0.15) is 6.04 Å². The summed E-state index contributed by atoms with van der Waals surface area (Å²) in [5, 5.41) is 13.2. The predicted molar refractivity (Wildman–Crippen MR) is 138 cm³/mol. The molecule has 1 unspecified atom stereocenters. The molecule has 2 amide bonds. The Kier molecular flexibility index (Phi) is 8.01. The molecule has 3 aromatic rings. The number of ether oxygens (including phenoxy) is 2. The van der Waals surface area contributed by atoms with Crippen LogP contribution in [0.15, 0.2) is 78.9 Å². The van der Waals surface area contributed by atoms with Gasteiger partial charge in [0.25, 0.3) is 11.8 Å². The second kappa shape index (κ2) is 11.4. The summed E-state index contributed by atoms with van der Waals surface area (Å²) in [7, 11) is 0. The Bertz CT molecular complexity index is 1270. The fourth-order valence-corrected chi connectivity index (χ4v) is 4.26. The van der Waals surface area contributed by atoms with Gasteiger partial charge in [0.05, 0.1) is 25.5 Å². The van der Waals surface area contributed by atoms with E-state index in [0.717, 1.165) is 23.6 Å². The molecule has 0 aromatic heterocycles. The molecular weight excluding hydrogens is 472 g/mol. The summed E-state index contributed by atoms with van der Waals surface area (Å²) >= 11 is 0. The minimum Gasteiger partial charge on any atom is -0.463 e. The molecule has 0 saturated heterocycles. The van der Waals surface area contributed by atoms with Crippen LogP contribution in [0, 0.1) is 0 Å². The summed E-state index contributed by atoms with van der Waals surface area (Å²) in [5.74, 6) is -2.52. The van der Waals surface area contributed by atoms with Crippen molar-refractivity contribution in [2.45, 2.75) is 32.1 Å². The van der Waals surface area contributed by atoms with E-state index in [-0.39, 0.29) is 19.8 Å². The van der Waals surface area contributed by atoms with E-state index >= 15 is 0 Å². The van der Waals surface area contributed by atoms with E-state index in [0.29, 0.717) is 17.9 Å². The topological polar surface area (TPSA) is 105 Å². The Morgan fingerprint density at radius 2 is 1.62 bits per heavy atom. The van der Waals surface area contributed by atoms with Crippen LogP contribution >= 0.6 is 0 Å². The van der Waals surface area contributed by atoms with Gasteiger partial charge in [0.2, 0.25) is 5.60 Å². The number of hydrogen-bond acceptors (Lipinski definition) is 6. The fourth-order valence-electron chi connectivity index (χ4n) is 4.26. The number of nitrogens with one attached hydrogen (secondary N) is 1. The van der Waals surface area contributed by atoms with Gasteiger partial charge in [-0.2, -0.15) is 0 Å². The molecule has 8 heteroatoms. The maximum atomic E-state index is 14.0. The van der Waals surface area contributed by atoms with Gasteiger partial charge in [-0.3, -0.25) is 9.59 Å². The van der Waals surface area contributed by atoms with Crippen molar-refractivity contribution < 1.29 is 29.0 Å². The number of benzene rings is 3. The Hall–Kier alpha value is -4.01. The van der Waals surface area contributed by atoms with Gasteiger partial charge in [0, 0.05) is 12.1 Å². The van der Waals surface area contributed by atoms with E-state index < -0.39 is 29.4 Å². The second-order valence-corrected chi connectivity index (χ2v) is 8.83. The number of nitrogens with zero attached hydrogens (tertiary/aromatic N) is 1. The average Bonchev–Trinajstić information content (AvgIpc) is 3.01. The minimum absolute atomic E-state index is 0.000472. The molecule has 192 valence electrons. The Morgan fingerprint density at radius 1 is 0.973 bits per heavy atom. The lowest BCUT2D eigenvalue weighted by atomic mass is 9.94. The molecule has 8 nitrogen and oxygen atoms in total. The Balaban J connectivity index is 1.64. The van der Waals surface area contributed by atoms with Crippen molar-refractivity contribution in [3.63, 3.8) is 0 Å². The first kappa shape index (κ1) is 26.1. The summed E-state index contributed by atoms with van der Waals surface area (Å²) in [5.41, 5.74) is 1.37. The van der Waals surface area contributed by atoms with E-state index in [1.165, 1.54) is 0 Å². The van der Waals surface area contributed by atoms with E-state index in [1.54, 1.807) is 24.0 Å². The maximum Gasteiger partial charge on any atom is 0.347 e. The molecule has 1 heterocycles. The largest absolute Gasteiger partial charge is 0.463 e. The highest BCUT2D eigenvalue weighted by atomic mass is 16.5. The molecule has 3 aromatic carbocycles. The average molecular weight is 503 g/mol. The summed E-state index contributed by atoms with van der Waals surface area (Å²) < 4.78 is 10.7. The minimum atomic E-state index is -2.46. The predicted octanol–water partition coefficient (Wildman–Crippen LogP) is 3.39. The number of rotatable bonds is 9. The first-order valence-corrected chi connectivity index (χ1v) is 12.2. The van der Waals surface area contributed by atoms with Crippen molar-refractivity contribution >= 4 is 23.5 Å². The van der Waals surface area contributed by atoms with E-state index in [4.69, 9.17) is 9.47 Å². The van der Waals surface area contributed by atoms with Gasteiger partial charge in [-0.1, -0.05) is 72.8 Å². The zero-order valence-electron chi connectivity index (χ0n) is 20.8. The van der Waals surface area contributed by atoms with Gasteiger partial charge in [-0.15, -0.1) is 0 Å². The summed E-state index contributed by atoms with van der Waals surface area (Å²) in [6.07, 6.45) is 0. The van der Waals surface area contributed by atoms with Crippen molar-refractivity contribution in [2.75, 3.05) is 24.7 Å². The number of para-hydroxylation sites is 1. The lowest BCUT2D eigenvalue weighted by Gasteiger charge is -2.28. The van der Waals surface area contributed by atoms with Crippen LogP contribution in [0.5, 0.6) is 0 Å². The zero-order valence-corrected chi connectivity index (χ0v) is 20.8. The van der Waals surface area contributed by atoms with Crippen molar-refractivity contribution in [3.05, 3.63) is 90.0 Å². The van der Waals surface area contributed by atoms with Gasteiger partial charge >= 0.3 is 5.97 Å². The highest BCUT2D eigenvalue weighted by Gasteiger charge is 2.44. The van der Waals surface area contributed by atoms with Crippen LogP contribution in [0.4, 0.5) is 5.69 Å². The standard InChI is InChI=1S/C29H30N2O6/c1-3-37-28(34)29(2,35)27(33)30-25-23-15-8-7-13-21(23)22-14-9-10-16-24(22)31(26(25)32)17-18-36-19-20-11-5-4-6-12-20/h4-16,25,35H,3,17-19H2,1-2H3,(H,30,33)/t25-,29?/m0/s1. The molecule has 0 radical (unpaired) electrons. The van der Waals surface area contributed by atoms with Gasteiger partial charge in [0.15, 0.2) is 0 Å². The number of aliphatic hydroxyl groups is 1. The maximum absolute atomic E-state index is 14.0. The molecule has 0 bridgehead atoms. The molecule has 2 N–H and O–H groups in total. The fraction of sp³-hybridized carbons (Fsp3) is 0.276. The third-order valence-corrected chi connectivity index (χ3v) is 6.23. The van der Waals surface area contributed by atoms with Crippen LogP contribution in [0.1, 0.15) is 31.0 Å². The monoisotopic (exact) mass is 502 g/mol. The molecule has 37 heavy (non-hydrogen) atoms. The van der Waals surface area contributed by atoms with Crippen LogP contribution < -0.4 is 10.2 Å². The number of esters is 1. The molecular formula is C29H30N2O6. The Labute approximate surface area is 215 Å². The number of hydrogen-bond donors (Lipinski definition) is 2. The molecule has 0 saturated carbocycles. The summed E-state index contributed by atoms with van der Waals surface area (Å²) in [4.78, 5) is 40.8. The normalized spacial score (nSPS) is 16.1. The molecule has 1 aliphatic heterocycles. The van der Waals surface area contributed by atoms with Crippen molar-refractivity contribution in [2.24, 2.45) is 0 Å². The number of fused-ring (bicyclic) bond motifs is 3. The molecule has 0 fully saturated rings. The SMILES string of the molecule is CCOC(=O)C(C)(O)C(=O)N[C@@H]1C(=O)N(CCOCc2ccccc2)c2ccccc2-c2ccccc21. The summed E-state index contributed by atoms with van der Waals surface area (Å²) in [6, 6.07) is 23.3. The van der Waals surface area contributed by atoms with E-state index in [1.807, 2.05) is 66.7 Å². The van der Waals surface area contributed by atoms with Crippen LogP contribution in [0.3, 0.4) is 0 Å². The molecule has 0 aliphatic carbocycles. The highest BCUT2D eigenvalue weighted by molar-refractivity contribution is 6.10. The first-order valence-electron chi connectivity index (χ1n) is 12.2. The van der Waals surface area contributed by atoms with Crippen molar-refractivity contribution in [1.82, 2.24) is 5.32 Å². The first-order chi connectivity index (χ1) is 17.8. The highest BCUT2D eigenvalue weighted by Crippen LogP contribution is 2.40. The van der Waals surface area contributed by atoms with Gasteiger partial charge in [-0.25, -0.2) is 4.79 Å². The third kappa shape index (κ3) is 5.55. The molecule has 2 atom stereocenters. The van der Waals surface area contributed by atoms with Crippen molar-refractivity contribution in [1.29, 1.82) is 0 Å². The molecule has 4 rings (SSSR count). The number of anilines is 1. The smallest absolute Gasteiger partial charge is 0.347 e. The van der Waals surface area contributed by atoms with Gasteiger partial charge < -0.3 is 24.8 Å². The van der Waals surface area contributed by atoms with Gasteiger partial charge in [-0.05, 0) is 36.6 Å². The Morgan fingerprint density at radius 3 is 2.35 bits per heavy atom. The van der Waals surface area contributed by atoms with Crippen LogP contribution in [0.2, 0.25) is 0 Å². The lowest BCUT2D eigenvalue weighted by Crippen LogP contribution is -2.54.